The second kappa shape index (κ2) is 9.42. The molecule has 0 aliphatic carbocycles. The van der Waals surface area contributed by atoms with Gasteiger partial charge in [0.15, 0.2) is 12.8 Å². The van der Waals surface area contributed by atoms with Crippen LogP contribution in [0, 0.1) is 5.82 Å². The van der Waals surface area contributed by atoms with Gasteiger partial charge in [0.25, 0.3) is 0 Å². The lowest BCUT2D eigenvalue weighted by atomic mass is 10.1. The predicted molar refractivity (Wildman–Crippen MR) is 117 cm³/mol. The Kier molecular flexibility index (Phi) is 6.47. The van der Waals surface area contributed by atoms with Gasteiger partial charge in [-0.05, 0) is 41.6 Å². The van der Waals surface area contributed by atoms with Crippen LogP contribution in [0.3, 0.4) is 0 Å². The smallest absolute Gasteiger partial charge is 0.191 e. The Labute approximate surface area is 178 Å². The molecule has 1 aromatic heterocycles. The van der Waals surface area contributed by atoms with E-state index in [2.05, 4.69) is 15.6 Å². The van der Waals surface area contributed by atoms with E-state index in [1.165, 1.54) is 12.1 Å². The van der Waals surface area contributed by atoms with Crippen molar-refractivity contribution in [1.29, 1.82) is 0 Å². The standard InChI is InChI=1S/C22H24FN3O3S/c1-24-22(26-11-18(27)20-10-14-4-2-3-5-19(14)30-20)25-7-6-15-8-17(23)9-16-12-28-13-29-21(15)16/h2-5,8-10,18,27H,6-7,11-13H2,1H3,(H2,24,25,26). The highest BCUT2D eigenvalue weighted by Crippen LogP contribution is 2.30. The van der Waals surface area contributed by atoms with E-state index in [0.29, 0.717) is 37.8 Å². The molecule has 2 aromatic carbocycles. The number of hydrogen-bond donors (Lipinski definition) is 3. The first-order valence-corrected chi connectivity index (χ1v) is 10.6. The first kappa shape index (κ1) is 20.6. The van der Waals surface area contributed by atoms with Crippen molar-refractivity contribution in [3.8, 4) is 5.75 Å². The highest BCUT2D eigenvalue weighted by Gasteiger charge is 2.17. The molecule has 3 N–H and O–H groups in total. The van der Waals surface area contributed by atoms with E-state index in [9.17, 15) is 9.50 Å². The maximum absolute atomic E-state index is 13.9. The van der Waals surface area contributed by atoms with E-state index in [-0.39, 0.29) is 12.6 Å². The highest BCUT2D eigenvalue weighted by molar-refractivity contribution is 7.19. The fourth-order valence-corrected chi connectivity index (χ4v) is 4.49. The molecule has 0 radical (unpaired) electrons. The fraction of sp³-hybridized carbons (Fsp3) is 0.318. The lowest BCUT2D eigenvalue weighted by molar-refractivity contribution is -0.0172. The van der Waals surface area contributed by atoms with E-state index in [1.54, 1.807) is 18.4 Å². The molecule has 30 heavy (non-hydrogen) atoms. The molecule has 1 unspecified atom stereocenters. The van der Waals surface area contributed by atoms with Crippen LogP contribution in [-0.2, 0) is 17.8 Å². The van der Waals surface area contributed by atoms with Gasteiger partial charge in [-0.2, -0.15) is 0 Å². The van der Waals surface area contributed by atoms with Crippen LogP contribution in [0.5, 0.6) is 5.75 Å². The summed E-state index contributed by atoms with van der Waals surface area (Å²) in [4.78, 5) is 5.10. The van der Waals surface area contributed by atoms with Crippen LogP contribution in [0.4, 0.5) is 4.39 Å². The molecule has 0 fully saturated rings. The number of nitrogens with zero attached hydrogens (tertiary/aromatic N) is 1. The number of hydrogen-bond acceptors (Lipinski definition) is 5. The summed E-state index contributed by atoms with van der Waals surface area (Å²) in [6.45, 7) is 1.41. The number of aliphatic imine (C=N–C) groups is 1. The quantitative estimate of drug-likeness (QED) is 0.414. The van der Waals surface area contributed by atoms with Crippen molar-refractivity contribution < 1.29 is 19.0 Å². The SMILES string of the molecule is CN=C(NCCc1cc(F)cc2c1OCOC2)NCC(O)c1cc2ccccc2s1. The summed E-state index contributed by atoms with van der Waals surface area (Å²) in [5, 5.41) is 18.0. The average Bonchev–Trinajstić information content (AvgIpc) is 3.20. The molecule has 0 bridgehead atoms. The zero-order valence-electron chi connectivity index (χ0n) is 16.7. The Hall–Kier alpha value is -2.68. The number of ether oxygens (including phenoxy) is 2. The molecular weight excluding hydrogens is 405 g/mol. The summed E-state index contributed by atoms with van der Waals surface area (Å²) in [6, 6.07) is 13.0. The fourth-order valence-electron chi connectivity index (χ4n) is 3.44. The predicted octanol–water partition coefficient (Wildman–Crippen LogP) is 3.35. The van der Waals surface area contributed by atoms with Crippen LogP contribution >= 0.6 is 11.3 Å². The Balaban J connectivity index is 1.31. The Morgan fingerprint density at radius 1 is 1.27 bits per heavy atom. The molecule has 2 heterocycles. The van der Waals surface area contributed by atoms with Crippen molar-refractivity contribution in [3.63, 3.8) is 0 Å². The number of nitrogens with one attached hydrogen (secondary N) is 2. The third kappa shape index (κ3) is 4.72. The topological polar surface area (TPSA) is 75.1 Å². The van der Waals surface area contributed by atoms with Crippen molar-refractivity contribution in [3.05, 3.63) is 64.3 Å². The summed E-state index contributed by atoms with van der Waals surface area (Å²) in [5.41, 5.74) is 1.52. The van der Waals surface area contributed by atoms with E-state index in [1.807, 2.05) is 30.3 Å². The van der Waals surface area contributed by atoms with Gasteiger partial charge in [0.2, 0.25) is 0 Å². The van der Waals surface area contributed by atoms with Crippen molar-refractivity contribution in [2.45, 2.75) is 19.1 Å². The van der Waals surface area contributed by atoms with E-state index in [4.69, 9.17) is 9.47 Å². The lowest BCUT2D eigenvalue weighted by Crippen LogP contribution is -2.40. The van der Waals surface area contributed by atoms with Gasteiger partial charge < -0.3 is 25.2 Å². The minimum atomic E-state index is -0.635. The van der Waals surface area contributed by atoms with Gasteiger partial charge in [0.1, 0.15) is 17.7 Å². The zero-order valence-corrected chi connectivity index (χ0v) is 17.5. The molecule has 1 aliphatic rings. The van der Waals surface area contributed by atoms with Crippen LogP contribution in [0.2, 0.25) is 0 Å². The molecule has 1 atom stereocenters. The second-order valence-corrected chi connectivity index (χ2v) is 8.11. The molecule has 0 spiro atoms. The number of aliphatic hydroxyl groups is 1. The van der Waals surface area contributed by atoms with Gasteiger partial charge in [-0.15, -0.1) is 11.3 Å². The monoisotopic (exact) mass is 429 g/mol. The molecule has 0 amide bonds. The number of aliphatic hydroxyl groups excluding tert-OH is 1. The van der Waals surface area contributed by atoms with Gasteiger partial charge in [0.05, 0.1) is 6.61 Å². The number of fused-ring (bicyclic) bond motifs is 2. The molecule has 0 saturated heterocycles. The molecule has 3 aromatic rings. The maximum Gasteiger partial charge on any atom is 0.191 e. The molecule has 8 heteroatoms. The van der Waals surface area contributed by atoms with E-state index >= 15 is 0 Å². The Morgan fingerprint density at radius 3 is 2.97 bits per heavy atom. The van der Waals surface area contributed by atoms with Crippen LogP contribution < -0.4 is 15.4 Å². The highest BCUT2D eigenvalue weighted by atomic mass is 32.1. The third-order valence-corrected chi connectivity index (χ3v) is 6.12. The average molecular weight is 430 g/mol. The van der Waals surface area contributed by atoms with Gasteiger partial charge in [-0.1, -0.05) is 18.2 Å². The van der Waals surface area contributed by atoms with Crippen molar-refractivity contribution in [1.82, 2.24) is 10.6 Å². The Morgan fingerprint density at radius 2 is 2.13 bits per heavy atom. The third-order valence-electron chi connectivity index (χ3n) is 4.90. The number of halogens is 1. The minimum Gasteiger partial charge on any atom is -0.467 e. The van der Waals surface area contributed by atoms with Gasteiger partial charge in [-0.25, -0.2) is 4.39 Å². The first-order valence-electron chi connectivity index (χ1n) is 9.77. The van der Waals surface area contributed by atoms with Crippen LogP contribution in [0.15, 0.2) is 47.5 Å². The number of benzene rings is 2. The summed E-state index contributed by atoms with van der Waals surface area (Å²) < 4.78 is 25.8. The van der Waals surface area contributed by atoms with Gasteiger partial charge in [-0.3, -0.25) is 4.99 Å². The van der Waals surface area contributed by atoms with Crippen molar-refractivity contribution in [2.24, 2.45) is 4.99 Å². The number of rotatable bonds is 6. The van der Waals surface area contributed by atoms with E-state index < -0.39 is 6.10 Å². The number of thiophene rings is 1. The van der Waals surface area contributed by atoms with Crippen molar-refractivity contribution in [2.75, 3.05) is 26.9 Å². The maximum atomic E-state index is 13.9. The number of guanidine groups is 1. The molecule has 1 aliphatic heterocycles. The molecular formula is C22H24FN3O3S. The molecule has 158 valence electrons. The Bertz CT molecular complexity index is 1020. The second-order valence-electron chi connectivity index (χ2n) is 7.00. The van der Waals surface area contributed by atoms with Crippen LogP contribution in [0.25, 0.3) is 10.1 Å². The molecule has 6 nitrogen and oxygen atoms in total. The minimum absolute atomic E-state index is 0.178. The van der Waals surface area contributed by atoms with E-state index in [0.717, 1.165) is 26.1 Å². The summed E-state index contributed by atoms with van der Waals surface area (Å²) in [5.74, 6) is 0.976. The van der Waals surface area contributed by atoms with Crippen LogP contribution in [0.1, 0.15) is 22.1 Å². The summed E-state index contributed by atoms with van der Waals surface area (Å²) in [6.07, 6.45) is -0.0655. The summed E-state index contributed by atoms with van der Waals surface area (Å²) in [7, 11) is 1.67. The molecule has 0 saturated carbocycles. The largest absolute Gasteiger partial charge is 0.467 e. The normalized spacial score (nSPS) is 14.8. The molecule has 4 rings (SSSR count). The zero-order chi connectivity index (χ0) is 20.9. The lowest BCUT2D eigenvalue weighted by Gasteiger charge is -2.21. The summed E-state index contributed by atoms with van der Waals surface area (Å²) >= 11 is 1.58. The first-order chi connectivity index (χ1) is 14.6. The van der Waals surface area contributed by atoms with Crippen molar-refractivity contribution >= 4 is 27.4 Å². The van der Waals surface area contributed by atoms with Gasteiger partial charge >= 0.3 is 0 Å². The van der Waals surface area contributed by atoms with Crippen LogP contribution in [-0.4, -0.2) is 38.0 Å². The van der Waals surface area contributed by atoms with Gasteiger partial charge in [0, 0.05) is 35.3 Å².